The number of hydrogen-bond acceptors (Lipinski definition) is 5. The number of hydrogen-bond donors (Lipinski definition) is 0. The van der Waals surface area contributed by atoms with E-state index in [0.717, 1.165) is 10.9 Å². The maximum absolute atomic E-state index is 14.4. The van der Waals surface area contributed by atoms with Gasteiger partial charge in [-0.2, -0.15) is 4.52 Å². The zero-order valence-corrected chi connectivity index (χ0v) is 15.9. The number of anilines is 1. The summed E-state index contributed by atoms with van der Waals surface area (Å²) in [4.78, 5) is 21.1. The van der Waals surface area contributed by atoms with Gasteiger partial charge in [-0.1, -0.05) is 29.5 Å². The molecule has 7 nitrogen and oxygen atoms in total. The van der Waals surface area contributed by atoms with Crippen molar-refractivity contribution in [3.05, 3.63) is 54.3 Å². The predicted molar refractivity (Wildman–Crippen MR) is 108 cm³/mol. The van der Waals surface area contributed by atoms with Crippen LogP contribution in [0.1, 0.15) is 6.92 Å². The van der Waals surface area contributed by atoms with Crippen LogP contribution in [0.25, 0.3) is 27.8 Å². The van der Waals surface area contributed by atoms with Gasteiger partial charge in [0, 0.05) is 30.6 Å². The van der Waals surface area contributed by atoms with Crippen LogP contribution in [0, 0.1) is 5.82 Å². The van der Waals surface area contributed by atoms with E-state index in [-0.39, 0.29) is 18.3 Å². The fraction of sp³-hybridized carbons (Fsp3) is 0.238. The molecule has 5 rings (SSSR count). The summed E-state index contributed by atoms with van der Waals surface area (Å²) < 4.78 is 16.0. The number of carbonyl (C=O) groups excluding carboxylic acids is 1. The number of amides is 1. The van der Waals surface area contributed by atoms with E-state index in [2.05, 4.69) is 10.3 Å². The third-order valence-corrected chi connectivity index (χ3v) is 5.36. The molecule has 0 atom stereocenters. The van der Waals surface area contributed by atoms with Gasteiger partial charge in [-0.25, -0.2) is 9.37 Å². The quantitative estimate of drug-likeness (QED) is 0.538. The van der Waals surface area contributed by atoms with Crippen molar-refractivity contribution >= 4 is 28.3 Å². The molecule has 3 heterocycles. The van der Waals surface area contributed by atoms with Crippen molar-refractivity contribution in [3.8, 4) is 11.3 Å². The van der Waals surface area contributed by atoms with Gasteiger partial charge in [0.25, 0.3) is 0 Å². The van der Waals surface area contributed by atoms with E-state index in [1.807, 2.05) is 41.0 Å². The highest BCUT2D eigenvalue weighted by molar-refractivity contribution is 5.95. The van der Waals surface area contributed by atoms with Gasteiger partial charge in [-0.05, 0) is 31.2 Å². The lowest BCUT2D eigenvalue weighted by atomic mass is 10.1. The molecule has 1 amide bonds. The van der Waals surface area contributed by atoms with E-state index in [9.17, 15) is 9.18 Å². The molecule has 146 valence electrons. The van der Waals surface area contributed by atoms with Crippen LogP contribution >= 0.6 is 0 Å². The number of halogens is 1. The van der Waals surface area contributed by atoms with E-state index in [1.165, 1.54) is 6.07 Å². The first kappa shape index (κ1) is 17.5. The molecule has 1 aliphatic heterocycles. The van der Waals surface area contributed by atoms with E-state index in [0.29, 0.717) is 42.4 Å². The molecule has 0 N–H and O–H groups in total. The molecule has 2 aromatic heterocycles. The molecule has 2 aromatic carbocycles. The van der Waals surface area contributed by atoms with Crippen molar-refractivity contribution in [2.24, 2.45) is 0 Å². The minimum atomic E-state index is -0.377. The van der Waals surface area contributed by atoms with Crippen LogP contribution in [0.3, 0.4) is 0 Å². The second-order valence-corrected chi connectivity index (χ2v) is 7.00. The smallest absolute Gasteiger partial charge is 0.242 e. The van der Waals surface area contributed by atoms with Gasteiger partial charge in [-0.15, -0.1) is 5.10 Å². The Kier molecular flexibility index (Phi) is 4.12. The highest BCUT2D eigenvalue weighted by Gasteiger charge is 2.26. The number of piperazine rings is 1. The number of nitrogens with zero attached hydrogens (tertiary/aromatic N) is 6. The molecule has 0 radical (unpaired) electrons. The molecule has 0 saturated carbocycles. The summed E-state index contributed by atoms with van der Waals surface area (Å²) in [6, 6.07) is 14.2. The Morgan fingerprint density at radius 3 is 2.66 bits per heavy atom. The van der Waals surface area contributed by atoms with Crippen LogP contribution in [-0.2, 0) is 4.79 Å². The van der Waals surface area contributed by atoms with Crippen LogP contribution in [0.2, 0.25) is 0 Å². The Hall–Kier alpha value is -3.55. The van der Waals surface area contributed by atoms with Crippen molar-refractivity contribution in [1.82, 2.24) is 24.7 Å². The van der Waals surface area contributed by atoms with Gasteiger partial charge in [0.1, 0.15) is 17.3 Å². The highest BCUT2D eigenvalue weighted by Crippen LogP contribution is 2.31. The average Bonchev–Trinajstić information content (AvgIpc) is 3.17. The molecule has 8 heteroatoms. The van der Waals surface area contributed by atoms with Gasteiger partial charge in [0.15, 0.2) is 5.65 Å². The number of fused-ring (bicyclic) bond motifs is 3. The molecule has 1 saturated heterocycles. The summed E-state index contributed by atoms with van der Waals surface area (Å²) in [6.45, 7) is 4.27. The van der Waals surface area contributed by atoms with Crippen LogP contribution in [0.5, 0.6) is 0 Å². The average molecular weight is 390 g/mol. The standard InChI is InChI=1S/C21H19FN6O/c1-2-26-11-12-27(13-18(26)29)20-15-8-4-6-10-17(15)28-21(23-20)19(24-25-28)14-7-3-5-9-16(14)22/h3-10H,2,11-13H2,1H3. The normalized spacial score (nSPS) is 14.9. The van der Waals surface area contributed by atoms with Gasteiger partial charge in [0.2, 0.25) is 5.91 Å². The number of carbonyl (C=O) groups is 1. The zero-order chi connectivity index (χ0) is 20.0. The lowest BCUT2D eigenvalue weighted by Crippen LogP contribution is -2.50. The first-order chi connectivity index (χ1) is 14.2. The number of aromatic nitrogens is 4. The number of likely N-dealkylation sites (N-methyl/N-ethyl adjacent to an activating group) is 1. The fourth-order valence-electron chi connectivity index (χ4n) is 3.84. The molecule has 1 aliphatic rings. The zero-order valence-electron chi connectivity index (χ0n) is 15.9. The van der Waals surface area contributed by atoms with E-state index in [1.54, 1.807) is 22.7 Å². The monoisotopic (exact) mass is 390 g/mol. The van der Waals surface area contributed by atoms with Crippen molar-refractivity contribution < 1.29 is 9.18 Å². The van der Waals surface area contributed by atoms with Crippen molar-refractivity contribution in [2.45, 2.75) is 6.92 Å². The Bertz CT molecular complexity index is 1240. The highest BCUT2D eigenvalue weighted by atomic mass is 19.1. The minimum absolute atomic E-state index is 0.0745. The fourth-order valence-corrected chi connectivity index (χ4v) is 3.84. The molecule has 0 spiro atoms. The Morgan fingerprint density at radius 1 is 1.07 bits per heavy atom. The number of rotatable bonds is 3. The second kappa shape index (κ2) is 6.80. The summed E-state index contributed by atoms with van der Waals surface area (Å²) in [7, 11) is 0. The van der Waals surface area contributed by atoms with E-state index < -0.39 is 0 Å². The molecule has 4 aromatic rings. The molecule has 0 unspecified atom stereocenters. The van der Waals surface area contributed by atoms with Crippen molar-refractivity contribution in [1.29, 1.82) is 0 Å². The first-order valence-electron chi connectivity index (χ1n) is 9.59. The van der Waals surface area contributed by atoms with E-state index in [4.69, 9.17) is 4.98 Å². The number of para-hydroxylation sites is 1. The Morgan fingerprint density at radius 2 is 1.86 bits per heavy atom. The third kappa shape index (κ3) is 2.79. The third-order valence-electron chi connectivity index (χ3n) is 5.36. The number of benzene rings is 2. The van der Waals surface area contributed by atoms with Crippen LogP contribution in [0.4, 0.5) is 10.2 Å². The van der Waals surface area contributed by atoms with Crippen LogP contribution < -0.4 is 4.90 Å². The minimum Gasteiger partial charge on any atom is -0.345 e. The maximum Gasteiger partial charge on any atom is 0.242 e. The van der Waals surface area contributed by atoms with Gasteiger partial charge in [-0.3, -0.25) is 4.79 Å². The maximum atomic E-state index is 14.4. The predicted octanol–water partition coefficient (Wildman–Crippen LogP) is 2.75. The molecule has 1 fully saturated rings. The molecule has 0 aliphatic carbocycles. The summed E-state index contributed by atoms with van der Waals surface area (Å²) in [5.74, 6) is 0.390. The van der Waals surface area contributed by atoms with Gasteiger partial charge in [0.05, 0.1) is 12.1 Å². The lowest BCUT2D eigenvalue weighted by molar-refractivity contribution is -0.130. The van der Waals surface area contributed by atoms with Crippen molar-refractivity contribution in [3.63, 3.8) is 0 Å². The van der Waals surface area contributed by atoms with E-state index >= 15 is 0 Å². The Balaban J connectivity index is 1.72. The van der Waals surface area contributed by atoms with Gasteiger partial charge < -0.3 is 9.80 Å². The topological polar surface area (TPSA) is 66.6 Å². The largest absolute Gasteiger partial charge is 0.345 e. The SMILES string of the molecule is CCN1CCN(c2nc3c(-c4ccccc4F)nnn3c3ccccc23)CC1=O. The summed E-state index contributed by atoms with van der Waals surface area (Å²) in [5.41, 5.74) is 2.01. The summed E-state index contributed by atoms with van der Waals surface area (Å²) in [6.07, 6.45) is 0. The summed E-state index contributed by atoms with van der Waals surface area (Å²) in [5, 5.41) is 9.33. The molecular weight excluding hydrogens is 371 g/mol. The van der Waals surface area contributed by atoms with Crippen molar-refractivity contribution in [2.75, 3.05) is 31.1 Å². The first-order valence-corrected chi connectivity index (χ1v) is 9.59. The Labute approximate surface area is 166 Å². The molecule has 29 heavy (non-hydrogen) atoms. The second-order valence-electron chi connectivity index (χ2n) is 7.00. The van der Waals surface area contributed by atoms with Crippen LogP contribution in [0.15, 0.2) is 48.5 Å². The van der Waals surface area contributed by atoms with Crippen LogP contribution in [-0.4, -0.2) is 56.8 Å². The molecule has 0 bridgehead atoms. The molecular formula is C21H19FN6O. The summed E-state index contributed by atoms with van der Waals surface area (Å²) >= 11 is 0. The lowest BCUT2D eigenvalue weighted by Gasteiger charge is -2.34. The van der Waals surface area contributed by atoms with Gasteiger partial charge >= 0.3 is 0 Å².